The minimum absolute atomic E-state index is 0.302. The summed E-state index contributed by atoms with van der Waals surface area (Å²) in [5, 5.41) is 1.07. The summed E-state index contributed by atoms with van der Waals surface area (Å²) in [7, 11) is 0. The molecule has 5 heteroatoms. The molecule has 3 nitrogen and oxygen atoms in total. The number of benzene rings is 1. The molecule has 0 amide bonds. The van der Waals surface area contributed by atoms with Crippen molar-refractivity contribution in [3.05, 3.63) is 51.9 Å². The van der Waals surface area contributed by atoms with Crippen LogP contribution < -0.4 is 10.5 Å². The van der Waals surface area contributed by atoms with Crippen molar-refractivity contribution in [1.82, 2.24) is 0 Å². The van der Waals surface area contributed by atoms with Crippen LogP contribution in [0.5, 0.6) is 5.75 Å². The molecule has 0 bridgehead atoms. The monoisotopic (exact) mass is 271 g/mol. The highest BCUT2D eigenvalue weighted by molar-refractivity contribution is 6.34. The fourth-order valence-corrected chi connectivity index (χ4v) is 1.94. The predicted octanol–water partition coefficient (Wildman–Crippen LogP) is 3.62. The molecule has 1 aromatic carbocycles. The third-order valence-electron chi connectivity index (χ3n) is 2.26. The highest BCUT2D eigenvalue weighted by Crippen LogP contribution is 2.25. The zero-order valence-corrected chi connectivity index (χ0v) is 10.5. The second-order valence-corrected chi connectivity index (χ2v) is 4.34. The maximum atomic E-state index is 5.86. The molecule has 0 atom stereocenters. The second kappa shape index (κ2) is 5.45. The Hall–Kier alpha value is -1.16. The highest BCUT2D eigenvalue weighted by Gasteiger charge is 2.06. The Morgan fingerprint density at radius 2 is 1.88 bits per heavy atom. The summed E-state index contributed by atoms with van der Waals surface area (Å²) in [5.41, 5.74) is 6.48. The third-order valence-corrected chi connectivity index (χ3v) is 2.70. The van der Waals surface area contributed by atoms with Gasteiger partial charge in [0.1, 0.15) is 18.1 Å². The first-order chi connectivity index (χ1) is 8.19. The van der Waals surface area contributed by atoms with Crippen LogP contribution in [-0.4, -0.2) is 0 Å². The van der Waals surface area contributed by atoms with Crippen molar-refractivity contribution in [3.63, 3.8) is 0 Å². The molecule has 0 saturated carbocycles. The van der Waals surface area contributed by atoms with Crippen LogP contribution in [0.25, 0.3) is 0 Å². The summed E-state index contributed by atoms with van der Waals surface area (Å²) in [6.45, 7) is 0.724. The lowest BCUT2D eigenvalue weighted by Gasteiger charge is -2.06. The number of hydrogen-bond donors (Lipinski definition) is 1. The zero-order chi connectivity index (χ0) is 12.3. The predicted molar refractivity (Wildman–Crippen MR) is 67.4 cm³/mol. The van der Waals surface area contributed by atoms with Crippen LogP contribution in [0.3, 0.4) is 0 Å². The highest BCUT2D eigenvalue weighted by atomic mass is 35.5. The van der Waals surface area contributed by atoms with Gasteiger partial charge >= 0.3 is 0 Å². The van der Waals surface area contributed by atoms with Gasteiger partial charge in [-0.1, -0.05) is 23.2 Å². The van der Waals surface area contributed by atoms with E-state index in [4.69, 9.17) is 38.1 Å². The minimum Gasteiger partial charge on any atom is -0.486 e. The van der Waals surface area contributed by atoms with Gasteiger partial charge in [-0.05, 0) is 24.3 Å². The molecule has 0 spiro atoms. The summed E-state index contributed by atoms with van der Waals surface area (Å²) < 4.78 is 10.8. The van der Waals surface area contributed by atoms with Gasteiger partial charge in [-0.25, -0.2) is 0 Å². The molecular weight excluding hydrogens is 261 g/mol. The molecule has 2 aromatic rings. The molecule has 1 heterocycles. The molecule has 90 valence electrons. The largest absolute Gasteiger partial charge is 0.486 e. The van der Waals surface area contributed by atoms with E-state index in [2.05, 4.69) is 0 Å². The van der Waals surface area contributed by atoms with Gasteiger partial charge < -0.3 is 14.9 Å². The van der Waals surface area contributed by atoms with E-state index in [0.717, 1.165) is 5.56 Å². The van der Waals surface area contributed by atoms with Crippen molar-refractivity contribution < 1.29 is 9.15 Å². The molecular formula is C12H11Cl2NO2. The Labute approximate surface area is 109 Å². The number of rotatable bonds is 4. The summed E-state index contributed by atoms with van der Waals surface area (Å²) in [6, 6.07) is 6.86. The maximum Gasteiger partial charge on any atom is 0.146 e. The van der Waals surface area contributed by atoms with Crippen molar-refractivity contribution in [2.75, 3.05) is 0 Å². The van der Waals surface area contributed by atoms with Gasteiger partial charge in [0.2, 0.25) is 0 Å². The maximum absolute atomic E-state index is 5.86. The molecule has 2 N–H and O–H groups in total. The minimum atomic E-state index is 0.302. The van der Waals surface area contributed by atoms with E-state index < -0.39 is 0 Å². The van der Waals surface area contributed by atoms with Crippen molar-refractivity contribution in [2.45, 2.75) is 13.2 Å². The average molecular weight is 272 g/mol. The van der Waals surface area contributed by atoms with Gasteiger partial charge in [-0.2, -0.15) is 0 Å². The molecule has 0 aliphatic heterocycles. The Kier molecular flexibility index (Phi) is 3.94. The summed E-state index contributed by atoms with van der Waals surface area (Å²) in [5.74, 6) is 1.31. The molecule has 0 aliphatic carbocycles. The van der Waals surface area contributed by atoms with E-state index in [0.29, 0.717) is 34.7 Å². The van der Waals surface area contributed by atoms with Crippen LogP contribution in [0.4, 0.5) is 0 Å². The molecule has 17 heavy (non-hydrogen) atoms. The van der Waals surface area contributed by atoms with Gasteiger partial charge in [0.25, 0.3) is 0 Å². The standard InChI is InChI=1S/C12H11Cl2NO2/c13-9-3-10(14)5-11(4-9)17-7-12-8(6-15)1-2-16-12/h1-5H,6-7,15H2. The number of hydrogen-bond acceptors (Lipinski definition) is 3. The molecule has 0 fully saturated rings. The van der Waals surface area contributed by atoms with Gasteiger partial charge in [0.15, 0.2) is 0 Å². The lowest BCUT2D eigenvalue weighted by atomic mass is 10.2. The smallest absolute Gasteiger partial charge is 0.146 e. The van der Waals surface area contributed by atoms with Crippen molar-refractivity contribution in [1.29, 1.82) is 0 Å². The molecule has 2 rings (SSSR count). The zero-order valence-electron chi connectivity index (χ0n) is 8.95. The van der Waals surface area contributed by atoms with Crippen LogP contribution in [0.15, 0.2) is 34.9 Å². The number of ether oxygens (including phenoxy) is 1. The van der Waals surface area contributed by atoms with Crippen LogP contribution >= 0.6 is 23.2 Å². The first kappa shape index (κ1) is 12.3. The van der Waals surface area contributed by atoms with E-state index in [1.165, 1.54) is 0 Å². The average Bonchev–Trinajstić information content (AvgIpc) is 2.72. The van der Waals surface area contributed by atoms with Crippen LogP contribution in [-0.2, 0) is 13.2 Å². The summed E-state index contributed by atoms with van der Waals surface area (Å²) in [4.78, 5) is 0. The molecule has 0 unspecified atom stereocenters. The van der Waals surface area contributed by atoms with Crippen LogP contribution in [0.1, 0.15) is 11.3 Å². The van der Waals surface area contributed by atoms with E-state index in [9.17, 15) is 0 Å². The first-order valence-electron chi connectivity index (χ1n) is 5.03. The lowest BCUT2D eigenvalue weighted by Crippen LogP contribution is -2.01. The summed E-state index contributed by atoms with van der Waals surface area (Å²) in [6.07, 6.45) is 1.59. The Morgan fingerprint density at radius 3 is 2.53 bits per heavy atom. The van der Waals surface area contributed by atoms with Gasteiger partial charge in [0, 0.05) is 22.2 Å². The van der Waals surface area contributed by atoms with E-state index in [1.807, 2.05) is 6.07 Å². The second-order valence-electron chi connectivity index (χ2n) is 3.47. The van der Waals surface area contributed by atoms with Crippen molar-refractivity contribution in [2.24, 2.45) is 5.73 Å². The first-order valence-corrected chi connectivity index (χ1v) is 5.79. The molecule has 0 aliphatic rings. The molecule has 0 saturated heterocycles. The SMILES string of the molecule is NCc1ccoc1COc1cc(Cl)cc(Cl)c1. The quantitative estimate of drug-likeness (QED) is 0.924. The lowest BCUT2D eigenvalue weighted by molar-refractivity contribution is 0.268. The van der Waals surface area contributed by atoms with Crippen LogP contribution in [0, 0.1) is 0 Å². The topological polar surface area (TPSA) is 48.4 Å². The number of halogens is 2. The Balaban J connectivity index is 2.07. The van der Waals surface area contributed by atoms with Crippen molar-refractivity contribution in [3.8, 4) is 5.75 Å². The summed E-state index contributed by atoms with van der Waals surface area (Å²) >= 11 is 11.7. The molecule has 1 aromatic heterocycles. The van der Waals surface area contributed by atoms with E-state index in [-0.39, 0.29) is 0 Å². The van der Waals surface area contributed by atoms with Crippen LogP contribution in [0.2, 0.25) is 10.0 Å². The fraction of sp³-hybridized carbons (Fsp3) is 0.167. The fourth-order valence-electron chi connectivity index (χ4n) is 1.44. The third kappa shape index (κ3) is 3.16. The van der Waals surface area contributed by atoms with E-state index in [1.54, 1.807) is 24.5 Å². The Morgan fingerprint density at radius 1 is 1.18 bits per heavy atom. The Bertz CT molecular complexity index is 491. The number of nitrogens with two attached hydrogens (primary N) is 1. The number of furan rings is 1. The molecule has 0 radical (unpaired) electrons. The normalized spacial score (nSPS) is 10.5. The van der Waals surface area contributed by atoms with Gasteiger partial charge in [-0.15, -0.1) is 0 Å². The van der Waals surface area contributed by atoms with E-state index >= 15 is 0 Å². The van der Waals surface area contributed by atoms with Gasteiger partial charge in [0.05, 0.1) is 6.26 Å². The van der Waals surface area contributed by atoms with Gasteiger partial charge in [-0.3, -0.25) is 0 Å². The van der Waals surface area contributed by atoms with Crippen molar-refractivity contribution >= 4 is 23.2 Å².